The molecule has 2 heterocycles. The molecule has 2 saturated heterocycles. The van der Waals surface area contributed by atoms with Crippen molar-refractivity contribution in [2.45, 2.75) is 24.5 Å². The Kier molecular flexibility index (Phi) is 5.69. The van der Waals surface area contributed by atoms with E-state index >= 15 is 0 Å². The molecule has 2 aliphatic rings. The molecule has 0 spiro atoms. The maximum atomic E-state index is 14.6. The van der Waals surface area contributed by atoms with Crippen LogP contribution in [0, 0.1) is 0 Å². The number of benzene rings is 1. The molecule has 2 aliphatic heterocycles. The van der Waals surface area contributed by atoms with E-state index in [0.29, 0.717) is 25.2 Å². The van der Waals surface area contributed by atoms with Gasteiger partial charge in [-0.25, -0.2) is 9.18 Å². The van der Waals surface area contributed by atoms with Crippen molar-refractivity contribution in [2.75, 3.05) is 50.2 Å². The minimum atomic E-state index is -1.28. The van der Waals surface area contributed by atoms with E-state index in [1.54, 1.807) is 12.1 Å². The van der Waals surface area contributed by atoms with Gasteiger partial charge in [-0.3, -0.25) is 4.90 Å². The number of rotatable bonds is 6. The van der Waals surface area contributed by atoms with Gasteiger partial charge in [-0.15, -0.1) is 0 Å². The molecule has 1 unspecified atom stereocenters. The van der Waals surface area contributed by atoms with Crippen molar-refractivity contribution in [3.8, 4) is 0 Å². The van der Waals surface area contributed by atoms with E-state index in [0.717, 1.165) is 5.69 Å². The second-order valence-electron chi connectivity index (χ2n) is 6.43. The lowest BCUT2D eigenvalue weighted by molar-refractivity contribution is -0.249. The Morgan fingerprint density at radius 2 is 1.96 bits per heavy atom. The first kappa shape index (κ1) is 19.2. The second kappa shape index (κ2) is 7.99. The lowest BCUT2D eigenvalue weighted by Crippen LogP contribution is -2.55. The molecule has 146 valence electrons. The standard InChI is InChI=1S/C17H22FN5O4/c1-25-17(26-2)7-8-22(11-15(17)18)12-3-5-13(6-4-12)23-10-14(9-20-21-19)27-16(23)24/h3-6,14-15H,7-11H2,1-2H3/t14?,15-/m0/s1. The molecule has 0 bridgehead atoms. The lowest BCUT2D eigenvalue weighted by atomic mass is 10.0. The number of cyclic esters (lactones) is 1. The number of azide groups is 1. The van der Waals surface area contributed by atoms with Crippen LogP contribution in [0.3, 0.4) is 0 Å². The molecule has 1 aromatic carbocycles. The highest BCUT2D eigenvalue weighted by molar-refractivity contribution is 5.90. The molecule has 27 heavy (non-hydrogen) atoms. The predicted octanol–water partition coefficient (Wildman–Crippen LogP) is 2.86. The molecule has 0 aromatic heterocycles. The van der Waals surface area contributed by atoms with Crippen LogP contribution in [0.15, 0.2) is 29.4 Å². The minimum absolute atomic E-state index is 0.100. The highest BCUT2D eigenvalue weighted by Crippen LogP contribution is 2.33. The molecule has 10 heteroatoms. The lowest BCUT2D eigenvalue weighted by Gasteiger charge is -2.42. The first-order valence-electron chi connectivity index (χ1n) is 8.61. The Bertz CT molecular complexity index is 721. The van der Waals surface area contributed by atoms with Crippen LogP contribution < -0.4 is 9.80 Å². The Morgan fingerprint density at radius 3 is 2.56 bits per heavy atom. The molecule has 2 atom stereocenters. The van der Waals surface area contributed by atoms with Gasteiger partial charge in [-0.2, -0.15) is 0 Å². The van der Waals surface area contributed by atoms with Gasteiger partial charge in [0.05, 0.1) is 19.6 Å². The Hall–Kier alpha value is -2.55. The van der Waals surface area contributed by atoms with E-state index in [4.69, 9.17) is 19.7 Å². The normalized spacial score (nSPS) is 24.5. The van der Waals surface area contributed by atoms with Crippen molar-refractivity contribution in [1.82, 2.24) is 0 Å². The number of halogens is 1. The van der Waals surface area contributed by atoms with E-state index in [-0.39, 0.29) is 13.1 Å². The van der Waals surface area contributed by atoms with Crippen LogP contribution in [-0.2, 0) is 14.2 Å². The SMILES string of the molecule is COC1(OC)CCN(c2ccc(N3CC(CN=[N+]=[N-])OC3=O)cc2)C[C@@H]1F. The summed E-state index contributed by atoms with van der Waals surface area (Å²) in [5, 5.41) is 3.44. The number of amides is 1. The summed E-state index contributed by atoms with van der Waals surface area (Å²) in [6, 6.07) is 7.24. The van der Waals surface area contributed by atoms with Gasteiger partial charge in [0.15, 0.2) is 6.17 Å². The minimum Gasteiger partial charge on any atom is -0.444 e. The van der Waals surface area contributed by atoms with Crippen molar-refractivity contribution >= 4 is 17.5 Å². The zero-order valence-electron chi connectivity index (χ0n) is 15.2. The third-order valence-corrected chi connectivity index (χ3v) is 5.03. The van der Waals surface area contributed by atoms with Crippen LogP contribution in [0.1, 0.15) is 6.42 Å². The van der Waals surface area contributed by atoms with Crippen molar-refractivity contribution in [2.24, 2.45) is 5.11 Å². The monoisotopic (exact) mass is 379 g/mol. The van der Waals surface area contributed by atoms with E-state index in [1.165, 1.54) is 19.1 Å². The zero-order chi connectivity index (χ0) is 19.4. The fourth-order valence-electron chi connectivity index (χ4n) is 3.45. The van der Waals surface area contributed by atoms with E-state index < -0.39 is 24.2 Å². The number of carbonyl (C=O) groups excluding carboxylic acids is 1. The molecular weight excluding hydrogens is 357 g/mol. The van der Waals surface area contributed by atoms with Crippen LogP contribution in [0.4, 0.5) is 20.6 Å². The molecule has 2 fully saturated rings. The number of anilines is 2. The smallest absolute Gasteiger partial charge is 0.414 e. The molecule has 0 aliphatic carbocycles. The van der Waals surface area contributed by atoms with Crippen molar-refractivity contribution in [3.63, 3.8) is 0 Å². The van der Waals surface area contributed by atoms with E-state index in [2.05, 4.69) is 10.0 Å². The van der Waals surface area contributed by atoms with Gasteiger partial charge in [0.1, 0.15) is 6.10 Å². The quantitative estimate of drug-likeness (QED) is 0.327. The van der Waals surface area contributed by atoms with Crippen LogP contribution >= 0.6 is 0 Å². The molecule has 0 saturated carbocycles. The maximum absolute atomic E-state index is 14.6. The van der Waals surface area contributed by atoms with Crippen LogP contribution in [-0.4, -0.2) is 64.6 Å². The fourth-order valence-corrected chi connectivity index (χ4v) is 3.45. The number of ether oxygens (including phenoxy) is 3. The highest BCUT2D eigenvalue weighted by Gasteiger charge is 2.44. The Morgan fingerprint density at radius 1 is 1.30 bits per heavy atom. The van der Waals surface area contributed by atoms with E-state index in [1.807, 2.05) is 17.0 Å². The molecule has 1 aromatic rings. The van der Waals surface area contributed by atoms with Crippen molar-refractivity contribution < 1.29 is 23.4 Å². The summed E-state index contributed by atoms with van der Waals surface area (Å²) in [6.07, 6.45) is -1.81. The maximum Gasteiger partial charge on any atom is 0.414 e. The van der Waals surface area contributed by atoms with Gasteiger partial charge >= 0.3 is 6.09 Å². The van der Waals surface area contributed by atoms with Crippen LogP contribution in [0.5, 0.6) is 0 Å². The van der Waals surface area contributed by atoms with Gasteiger partial charge in [0.2, 0.25) is 5.79 Å². The highest BCUT2D eigenvalue weighted by atomic mass is 19.1. The summed E-state index contributed by atoms with van der Waals surface area (Å²) < 4.78 is 30.2. The summed E-state index contributed by atoms with van der Waals surface area (Å²) in [4.78, 5) is 18.1. The fraction of sp³-hybridized carbons (Fsp3) is 0.588. The average molecular weight is 379 g/mol. The number of piperidine rings is 1. The zero-order valence-corrected chi connectivity index (χ0v) is 15.2. The summed E-state index contributed by atoms with van der Waals surface area (Å²) in [5.41, 5.74) is 9.89. The van der Waals surface area contributed by atoms with Crippen molar-refractivity contribution in [3.05, 3.63) is 34.7 Å². The molecular formula is C17H22FN5O4. The topological polar surface area (TPSA) is 100 Å². The number of carbonyl (C=O) groups is 1. The summed E-state index contributed by atoms with van der Waals surface area (Å²) >= 11 is 0. The Labute approximate surface area is 156 Å². The third-order valence-electron chi connectivity index (χ3n) is 5.03. The number of nitrogens with zero attached hydrogens (tertiary/aromatic N) is 5. The van der Waals surface area contributed by atoms with Gasteiger partial charge < -0.3 is 19.1 Å². The summed E-state index contributed by atoms with van der Waals surface area (Å²) in [5.74, 6) is -1.20. The molecule has 1 amide bonds. The number of hydrogen-bond acceptors (Lipinski definition) is 6. The van der Waals surface area contributed by atoms with Crippen LogP contribution in [0.2, 0.25) is 0 Å². The predicted molar refractivity (Wildman–Crippen MR) is 96.5 cm³/mol. The first-order valence-corrected chi connectivity index (χ1v) is 8.61. The summed E-state index contributed by atoms with van der Waals surface area (Å²) in [6.45, 7) is 1.16. The van der Waals surface area contributed by atoms with Gasteiger partial charge in [0.25, 0.3) is 0 Å². The first-order chi connectivity index (χ1) is 13.0. The van der Waals surface area contributed by atoms with Gasteiger partial charge in [-0.1, -0.05) is 5.11 Å². The molecule has 9 nitrogen and oxygen atoms in total. The Balaban J connectivity index is 1.66. The van der Waals surface area contributed by atoms with Crippen LogP contribution in [0.25, 0.3) is 10.4 Å². The summed E-state index contributed by atoms with van der Waals surface area (Å²) in [7, 11) is 2.90. The number of hydrogen-bond donors (Lipinski definition) is 0. The van der Waals surface area contributed by atoms with E-state index in [9.17, 15) is 9.18 Å². The average Bonchev–Trinajstić information content (AvgIpc) is 3.07. The number of methoxy groups -OCH3 is 2. The molecule has 0 radical (unpaired) electrons. The van der Waals surface area contributed by atoms with Crippen molar-refractivity contribution in [1.29, 1.82) is 0 Å². The number of alkyl halides is 1. The second-order valence-corrected chi connectivity index (χ2v) is 6.43. The van der Waals surface area contributed by atoms with Gasteiger partial charge in [0, 0.05) is 43.5 Å². The molecule has 3 rings (SSSR count). The molecule has 0 N–H and O–H groups in total. The largest absolute Gasteiger partial charge is 0.444 e. The third kappa shape index (κ3) is 3.78. The van der Waals surface area contributed by atoms with Gasteiger partial charge in [-0.05, 0) is 29.8 Å².